The zero-order valence-electron chi connectivity index (χ0n) is 9.97. The van der Waals surface area contributed by atoms with Crippen molar-refractivity contribution < 1.29 is 4.79 Å². The largest absolute Gasteiger partial charge is 0.277 e. The number of carbonyl (C=O) groups is 1. The number of amides is 1. The normalized spacial score (nSPS) is 14.0. The summed E-state index contributed by atoms with van der Waals surface area (Å²) in [7, 11) is 0. The van der Waals surface area contributed by atoms with Gasteiger partial charge in [-0.15, -0.1) is 0 Å². The van der Waals surface area contributed by atoms with Crippen LogP contribution in [-0.2, 0) is 12.8 Å². The lowest BCUT2D eigenvalue weighted by atomic mass is 9.95. The maximum Gasteiger partial charge on any atom is 0.277 e. The molecule has 3 rings (SSSR count). The summed E-state index contributed by atoms with van der Waals surface area (Å²) in [5.74, 6) is -0.109. The Bertz CT molecular complexity index is 614. The summed E-state index contributed by atoms with van der Waals surface area (Å²) in [5, 5.41) is 0. The molecule has 0 aromatic heterocycles. The molecule has 0 radical (unpaired) electrons. The second-order valence-electron chi connectivity index (χ2n) is 4.48. The lowest BCUT2D eigenvalue weighted by Gasteiger charge is -2.14. The summed E-state index contributed by atoms with van der Waals surface area (Å²) in [4.78, 5) is 16.1. The molecule has 0 fully saturated rings. The highest BCUT2D eigenvalue weighted by Gasteiger charge is 2.18. The molecule has 0 atom stereocenters. The highest BCUT2D eigenvalue weighted by molar-refractivity contribution is 6.09. The van der Waals surface area contributed by atoms with Crippen LogP contribution >= 0.6 is 0 Å². The van der Waals surface area contributed by atoms with Crippen molar-refractivity contribution in [1.82, 2.24) is 0 Å². The van der Waals surface area contributed by atoms with Gasteiger partial charge in [0.1, 0.15) is 0 Å². The van der Waals surface area contributed by atoms with Crippen LogP contribution < -0.4 is 0 Å². The minimum atomic E-state index is -0.109. The first-order valence-corrected chi connectivity index (χ1v) is 6.05. The highest BCUT2D eigenvalue weighted by atomic mass is 16.1. The van der Waals surface area contributed by atoms with Crippen LogP contribution in [0.4, 0.5) is 0 Å². The van der Waals surface area contributed by atoms with E-state index in [0.29, 0.717) is 0 Å². The smallest absolute Gasteiger partial charge is 0.267 e. The van der Waals surface area contributed by atoms with Gasteiger partial charge in [0.2, 0.25) is 0 Å². The van der Waals surface area contributed by atoms with Crippen LogP contribution in [0.5, 0.6) is 0 Å². The quantitative estimate of drug-likeness (QED) is 0.786. The van der Waals surface area contributed by atoms with E-state index in [1.165, 1.54) is 5.56 Å². The Morgan fingerprint density at radius 3 is 2.50 bits per heavy atom. The number of benzene rings is 2. The molecule has 1 aliphatic rings. The van der Waals surface area contributed by atoms with Gasteiger partial charge in [0.05, 0.1) is 0 Å². The van der Waals surface area contributed by atoms with E-state index in [9.17, 15) is 4.79 Å². The number of hydrogen-bond acceptors (Lipinski definition) is 1. The Morgan fingerprint density at radius 1 is 0.944 bits per heavy atom. The Kier molecular flexibility index (Phi) is 2.77. The summed E-state index contributed by atoms with van der Waals surface area (Å²) in [5.41, 5.74) is 3.98. The van der Waals surface area contributed by atoms with E-state index in [1.54, 1.807) is 0 Å². The maximum atomic E-state index is 11.9. The van der Waals surface area contributed by atoms with E-state index in [-0.39, 0.29) is 5.91 Å². The van der Waals surface area contributed by atoms with Crippen LogP contribution in [0, 0.1) is 0 Å². The van der Waals surface area contributed by atoms with Gasteiger partial charge in [-0.05, 0) is 17.2 Å². The van der Waals surface area contributed by atoms with Gasteiger partial charge < -0.3 is 0 Å². The summed E-state index contributed by atoms with van der Waals surface area (Å²) >= 11 is 0. The number of aliphatic imine (C=N–C) groups is 1. The molecule has 0 saturated heterocycles. The highest BCUT2D eigenvalue weighted by Crippen LogP contribution is 2.18. The first-order valence-electron chi connectivity index (χ1n) is 6.05. The topological polar surface area (TPSA) is 29.4 Å². The van der Waals surface area contributed by atoms with Gasteiger partial charge in [0.25, 0.3) is 5.91 Å². The fourth-order valence-electron chi connectivity index (χ4n) is 2.28. The van der Waals surface area contributed by atoms with E-state index in [0.717, 1.165) is 29.7 Å². The molecule has 1 heterocycles. The molecule has 2 aromatic carbocycles. The van der Waals surface area contributed by atoms with Crippen molar-refractivity contribution in [3.63, 3.8) is 0 Å². The minimum absolute atomic E-state index is 0.109. The second-order valence-corrected chi connectivity index (χ2v) is 4.48. The maximum absolute atomic E-state index is 11.9. The van der Waals surface area contributed by atoms with E-state index >= 15 is 0 Å². The predicted molar refractivity (Wildman–Crippen MR) is 72.1 cm³/mol. The molecule has 2 heteroatoms. The Hall–Kier alpha value is -2.22. The molecule has 1 aliphatic heterocycles. The fraction of sp³-hybridized carbons (Fsp3) is 0.125. The van der Waals surface area contributed by atoms with Crippen LogP contribution in [0.25, 0.3) is 0 Å². The number of carbonyl (C=O) groups excluding carboxylic acids is 1. The van der Waals surface area contributed by atoms with Crippen LogP contribution in [0.1, 0.15) is 21.5 Å². The molecule has 0 bridgehead atoms. The molecule has 88 valence electrons. The number of rotatable bonds is 2. The van der Waals surface area contributed by atoms with Gasteiger partial charge in [-0.3, -0.25) is 4.79 Å². The third-order valence-corrected chi connectivity index (χ3v) is 3.15. The van der Waals surface area contributed by atoms with Crippen molar-refractivity contribution in [2.45, 2.75) is 12.8 Å². The predicted octanol–water partition coefficient (Wildman–Crippen LogP) is 3.07. The number of hydrogen-bond donors (Lipinski definition) is 0. The monoisotopic (exact) mass is 235 g/mol. The second kappa shape index (κ2) is 4.57. The van der Waals surface area contributed by atoms with Crippen molar-refractivity contribution in [3.8, 4) is 0 Å². The molecule has 1 amide bonds. The van der Waals surface area contributed by atoms with Crippen LogP contribution in [0.2, 0.25) is 0 Å². The average molecular weight is 235 g/mol. The summed E-state index contributed by atoms with van der Waals surface area (Å²) in [6.45, 7) is 0. The molecule has 2 nitrogen and oxygen atoms in total. The molecule has 0 unspecified atom stereocenters. The molecule has 0 N–H and O–H groups in total. The van der Waals surface area contributed by atoms with Gasteiger partial charge in [0, 0.05) is 24.1 Å². The van der Waals surface area contributed by atoms with Crippen molar-refractivity contribution >= 4 is 11.6 Å². The fourth-order valence-corrected chi connectivity index (χ4v) is 2.28. The number of nitrogens with zero attached hydrogens (tertiary/aromatic N) is 1. The van der Waals surface area contributed by atoms with E-state index in [1.807, 2.05) is 42.5 Å². The Balaban J connectivity index is 1.87. The zero-order valence-corrected chi connectivity index (χ0v) is 9.97. The molecule has 18 heavy (non-hydrogen) atoms. The minimum Gasteiger partial charge on any atom is -0.267 e. The molecule has 0 saturated carbocycles. The Morgan fingerprint density at radius 2 is 1.67 bits per heavy atom. The SMILES string of the molecule is O=C1N=C(Cc2ccccc2)Cc2ccccc21. The molecular weight excluding hydrogens is 222 g/mol. The van der Waals surface area contributed by atoms with Gasteiger partial charge in [-0.2, -0.15) is 0 Å². The van der Waals surface area contributed by atoms with E-state index < -0.39 is 0 Å². The van der Waals surface area contributed by atoms with Crippen molar-refractivity contribution in [2.75, 3.05) is 0 Å². The third-order valence-electron chi connectivity index (χ3n) is 3.15. The molecule has 0 spiro atoms. The lowest BCUT2D eigenvalue weighted by molar-refractivity contribution is 0.1000. The van der Waals surface area contributed by atoms with Crippen LogP contribution in [0.15, 0.2) is 59.6 Å². The summed E-state index contributed by atoms with van der Waals surface area (Å²) in [6, 6.07) is 17.8. The lowest BCUT2D eigenvalue weighted by Crippen LogP contribution is -2.18. The van der Waals surface area contributed by atoms with Gasteiger partial charge >= 0.3 is 0 Å². The van der Waals surface area contributed by atoms with Crippen LogP contribution in [0.3, 0.4) is 0 Å². The van der Waals surface area contributed by atoms with Crippen molar-refractivity contribution in [2.24, 2.45) is 4.99 Å². The summed E-state index contributed by atoms with van der Waals surface area (Å²) in [6.07, 6.45) is 1.53. The zero-order chi connectivity index (χ0) is 12.4. The number of fused-ring (bicyclic) bond motifs is 1. The van der Waals surface area contributed by atoms with E-state index in [4.69, 9.17) is 0 Å². The Labute approximate surface area is 106 Å². The molecule has 0 aliphatic carbocycles. The van der Waals surface area contributed by atoms with Gasteiger partial charge in [-0.1, -0.05) is 48.5 Å². The van der Waals surface area contributed by atoms with Crippen molar-refractivity contribution in [3.05, 3.63) is 71.3 Å². The summed E-state index contributed by atoms with van der Waals surface area (Å²) < 4.78 is 0. The van der Waals surface area contributed by atoms with Crippen molar-refractivity contribution in [1.29, 1.82) is 0 Å². The first kappa shape index (κ1) is 10.9. The average Bonchev–Trinajstić information content (AvgIpc) is 2.40. The standard InChI is InChI=1S/C16H13NO/c18-16-15-9-5-4-8-13(15)11-14(17-16)10-12-6-2-1-3-7-12/h1-9H,10-11H2. The van der Waals surface area contributed by atoms with Crippen LogP contribution in [-0.4, -0.2) is 11.6 Å². The van der Waals surface area contributed by atoms with E-state index in [2.05, 4.69) is 17.1 Å². The van der Waals surface area contributed by atoms with Gasteiger partial charge in [-0.25, -0.2) is 4.99 Å². The molecular formula is C16H13NO. The first-order chi connectivity index (χ1) is 8.83. The molecule has 2 aromatic rings. The van der Waals surface area contributed by atoms with Gasteiger partial charge in [0.15, 0.2) is 0 Å². The third kappa shape index (κ3) is 2.09.